The largest absolute Gasteiger partial charge is 0.444 e. The predicted molar refractivity (Wildman–Crippen MR) is 88.4 cm³/mol. The van der Waals surface area contributed by atoms with E-state index in [9.17, 15) is 4.79 Å². The molecule has 1 aliphatic heterocycles. The molecule has 2 heterocycles. The third-order valence-electron chi connectivity index (χ3n) is 3.70. The van der Waals surface area contributed by atoms with Gasteiger partial charge in [0.2, 0.25) is 5.13 Å². The summed E-state index contributed by atoms with van der Waals surface area (Å²) in [7, 11) is 0. The zero-order chi connectivity index (χ0) is 16.3. The zero-order valence-electron chi connectivity index (χ0n) is 14.0. The number of aryl methyl sites for hydroxylation is 1. The van der Waals surface area contributed by atoms with Crippen molar-refractivity contribution in [2.24, 2.45) is 5.92 Å². The average molecular weight is 326 g/mol. The van der Waals surface area contributed by atoms with Gasteiger partial charge in [0.1, 0.15) is 11.4 Å². The van der Waals surface area contributed by atoms with E-state index in [2.05, 4.69) is 19.6 Å². The van der Waals surface area contributed by atoms with E-state index in [4.69, 9.17) is 4.74 Å². The molecule has 6 nitrogen and oxygen atoms in total. The van der Waals surface area contributed by atoms with Gasteiger partial charge in [0.05, 0.1) is 0 Å². The van der Waals surface area contributed by atoms with Crippen LogP contribution in [0.5, 0.6) is 0 Å². The van der Waals surface area contributed by atoms with Crippen LogP contribution < -0.4 is 10.2 Å². The molecule has 1 fully saturated rings. The molecule has 1 aromatic heterocycles. The highest BCUT2D eigenvalue weighted by atomic mass is 32.1. The maximum Gasteiger partial charge on any atom is 0.407 e. The first-order chi connectivity index (χ1) is 10.2. The molecule has 124 valence electrons. The Morgan fingerprint density at radius 3 is 2.82 bits per heavy atom. The number of rotatable bonds is 3. The number of nitrogens with one attached hydrogen (secondary N) is 1. The highest BCUT2D eigenvalue weighted by Crippen LogP contribution is 2.26. The lowest BCUT2D eigenvalue weighted by Crippen LogP contribution is -2.47. The van der Waals surface area contributed by atoms with Gasteiger partial charge in [-0.2, -0.15) is 4.37 Å². The van der Waals surface area contributed by atoms with Crippen molar-refractivity contribution in [3.8, 4) is 0 Å². The van der Waals surface area contributed by atoms with Gasteiger partial charge >= 0.3 is 6.09 Å². The fourth-order valence-corrected chi connectivity index (χ4v) is 3.33. The highest BCUT2D eigenvalue weighted by molar-refractivity contribution is 7.09. The number of carbonyl (C=O) groups excluding carboxylic acids is 1. The Bertz CT molecular complexity index is 512. The normalized spacial score (nSPS) is 20.6. The van der Waals surface area contributed by atoms with Gasteiger partial charge in [-0.05, 0) is 53.4 Å². The quantitative estimate of drug-likeness (QED) is 0.925. The summed E-state index contributed by atoms with van der Waals surface area (Å²) in [5, 5.41) is 3.94. The first-order valence-corrected chi connectivity index (χ1v) is 8.57. The molecular weight excluding hydrogens is 300 g/mol. The molecule has 2 rings (SSSR count). The molecule has 7 heteroatoms. The van der Waals surface area contributed by atoms with E-state index in [1.807, 2.05) is 34.6 Å². The minimum atomic E-state index is -0.466. The molecule has 0 aliphatic carbocycles. The number of alkyl carbamates (subject to hydrolysis) is 1. The second kappa shape index (κ2) is 6.81. The van der Waals surface area contributed by atoms with E-state index in [0.717, 1.165) is 36.9 Å². The lowest BCUT2D eigenvalue weighted by molar-refractivity contribution is 0.0489. The van der Waals surface area contributed by atoms with Gasteiger partial charge in [-0.3, -0.25) is 0 Å². The van der Waals surface area contributed by atoms with Crippen molar-refractivity contribution in [3.63, 3.8) is 0 Å². The molecule has 0 spiro atoms. The number of aromatic nitrogens is 2. The number of amides is 1. The number of carbonyl (C=O) groups is 1. The van der Waals surface area contributed by atoms with Crippen molar-refractivity contribution in [3.05, 3.63) is 5.82 Å². The molecule has 1 amide bonds. The van der Waals surface area contributed by atoms with Crippen LogP contribution >= 0.6 is 11.5 Å². The molecular formula is C15H26N4O2S. The van der Waals surface area contributed by atoms with Gasteiger partial charge in [0.15, 0.2) is 0 Å². The summed E-state index contributed by atoms with van der Waals surface area (Å²) in [4.78, 5) is 18.6. The fourth-order valence-electron chi connectivity index (χ4n) is 2.62. The number of hydrogen-bond donors (Lipinski definition) is 1. The van der Waals surface area contributed by atoms with Crippen molar-refractivity contribution in [2.75, 3.05) is 18.0 Å². The Morgan fingerprint density at radius 2 is 2.23 bits per heavy atom. The lowest BCUT2D eigenvalue weighted by Gasteiger charge is -2.35. The van der Waals surface area contributed by atoms with Gasteiger partial charge in [0.25, 0.3) is 0 Å². The molecule has 1 saturated heterocycles. The van der Waals surface area contributed by atoms with Crippen molar-refractivity contribution in [2.45, 2.75) is 59.1 Å². The zero-order valence-corrected chi connectivity index (χ0v) is 14.9. The fraction of sp³-hybridized carbons (Fsp3) is 0.800. The van der Waals surface area contributed by atoms with E-state index in [1.54, 1.807) is 0 Å². The Kier molecular flexibility index (Phi) is 5.26. The molecule has 2 atom stereocenters. The van der Waals surface area contributed by atoms with E-state index in [1.165, 1.54) is 11.5 Å². The first-order valence-electron chi connectivity index (χ1n) is 7.79. The van der Waals surface area contributed by atoms with Gasteiger partial charge in [-0.1, -0.05) is 0 Å². The monoisotopic (exact) mass is 326 g/mol. The maximum absolute atomic E-state index is 11.9. The molecule has 0 bridgehead atoms. The number of nitrogens with zero attached hydrogens (tertiary/aromatic N) is 3. The summed E-state index contributed by atoms with van der Waals surface area (Å²) in [6.45, 7) is 11.5. The van der Waals surface area contributed by atoms with Crippen LogP contribution in [-0.4, -0.2) is 40.2 Å². The van der Waals surface area contributed by atoms with Crippen LogP contribution in [0.15, 0.2) is 0 Å². The van der Waals surface area contributed by atoms with E-state index in [-0.39, 0.29) is 12.1 Å². The van der Waals surface area contributed by atoms with Crippen LogP contribution in [0.2, 0.25) is 0 Å². The summed E-state index contributed by atoms with van der Waals surface area (Å²) >= 11 is 1.44. The second-order valence-corrected chi connectivity index (χ2v) is 7.64. The second-order valence-electron chi connectivity index (χ2n) is 6.91. The summed E-state index contributed by atoms with van der Waals surface area (Å²) in [6.07, 6.45) is 1.86. The molecule has 1 aromatic rings. The number of anilines is 1. The van der Waals surface area contributed by atoms with Crippen molar-refractivity contribution < 1.29 is 9.53 Å². The van der Waals surface area contributed by atoms with E-state index < -0.39 is 5.60 Å². The Balaban J connectivity index is 1.90. The summed E-state index contributed by atoms with van der Waals surface area (Å²) in [5.74, 6) is 1.22. The minimum Gasteiger partial charge on any atom is -0.444 e. The summed E-state index contributed by atoms with van der Waals surface area (Å²) < 4.78 is 9.58. The van der Waals surface area contributed by atoms with E-state index >= 15 is 0 Å². The van der Waals surface area contributed by atoms with Crippen molar-refractivity contribution in [1.82, 2.24) is 14.7 Å². The average Bonchev–Trinajstić information content (AvgIpc) is 2.83. The molecule has 0 radical (unpaired) electrons. The lowest BCUT2D eigenvalue weighted by atomic mass is 9.92. The molecule has 0 unspecified atom stereocenters. The van der Waals surface area contributed by atoms with Crippen LogP contribution in [0.4, 0.5) is 9.93 Å². The maximum atomic E-state index is 11.9. The molecule has 0 saturated carbocycles. The molecule has 0 aromatic carbocycles. The van der Waals surface area contributed by atoms with Crippen LogP contribution in [0.3, 0.4) is 0 Å². The van der Waals surface area contributed by atoms with Crippen LogP contribution in [0, 0.1) is 12.8 Å². The Morgan fingerprint density at radius 1 is 1.50 bits per heavy atom. The third kappa shape index (κ3) is 4.83. The van der Waals surface area contributed by atoms with Gasteiger partial charge < -0.3 is 15.0 Å². The molecule has 22 heavy (non-hydrogen) atoms. The molecule has 1 aliphatic rings. The SMILES string of the molecule is Cc1nsc(N2CCC[C@H]([C@H](C)NC(=O)OC(C)(C)C)C2)n1. The van der Waals surface area contributed by atoms with Crippen molar-refractivity contribution >= 4 is 22.8 Å². The summed E-state index contributed by atoms with van der Waals surface area (Å²) in [6, 6.07) is 0.0756. The first kappa shape index (κ1) is 17.0. The van der Waals surface area contributed by atoms with Crippen molar-refractivity contribution in [1.29, 1.82) is 0 Å². The van der Waals surface area contributed by atoms with Gasteiger partial charge in [-0.15, -0.1) is 0 Å². The predicted octanol–water partition coefficient (Wildman–Crippen LogP) is 2.98. The minimum absolute atomic E-state index is 0.0756. The number of hydrogen-bond acceptors (Lipinski definition) is 6. The Labute approximate surface area is 136 Å². The number of ether oxygens (including phenoxy) is 1. The standard InChI is InChI=1S/C15H26N4O2S/c1-10(16-14(20)21-15(3,4)5)12-7-6-8-19(9-12)13-17-11(2)18-22-13/h10,12H,6-9H2,1-5H3,(H,16,20)/t10-,12-/m0/s1. The van der Waals surface area contributed by atoms with Crippen LogP contribution in [-0.2, 0) is 4.74 Å². The number of piperidine rings is 1. The van der Waals surface area contributed by atoms with Crippen LogP contribution in [0.25, 0.3) is 0 Å². The smallest absolute Gasteiger partial charge is 0.407 e. The molecule has 1 N–H and O–H groups in total. The van der Waals surface area contributed by atoms with Gasteiger partial charge in [-0.25, -0.2) is 9.78 Å². The van der Waals surface area contributed by atoms with Crippen LogP contribution in [0.1, 0.15) is 46.4 Å². The third-order valence-corrected chi connectivity index (χ3v) is 4.57. The Hall–Kier alpha value is -1.37. The topological polar surface area (TPSA) is 67.4 Å². The van der Waals surface area contributed by atoms with E-state index in [0.29, 0.717) is 5.92 Å². The highest BCUT2D eigenvalue weighted by Gasteiger charge is 2.28. The summed E-state index contributed by atoms with van der Waals surface area (Å²) in [5.41, 5.74) is -0.466. The van der Waals surface area contributed by atoms with Gasteiger partial charge in [0, 0.05) is 30.7 Å².